The molecule has 0 radical (unpaired) electrons. The normalized spacial score (nSPS) is 11.6. The maximum absolute atomic E-state index is 10.8. The van der Waals surface area contributed by atoms with Crippen molar-refractivity contribution >= 4 is 11.5 Å². The van der Waals surface area contributed by atoms with E-state index in [1.54, 1.807) is 12.1 Å². The molecule has 3 aromatic rings. The molecule has 0 aliphatic rings. The number of benzene rings is 3. The van der Waals surface area contributed by atoms with E-state index in [9.17, 15) is 4.79 Å². The molecule has 0 aliphatic heterocycles. The summed E-state index contributed by atoms with van der Waals surface area (Å²) in [6, 6.07) is 22.4. The smallest absolute Gasteiger partial charge is 0.341 e. The van der Waals surface area contributed by atoms with Gasteiger partial charge in [-0.1, -0.05) is 69.0 Å². The van der Waals surface area contributed by atoms with E-state index in [-0.39, 0.29) is 12.0 Å². The standard InChI is InChI=1S/C33H37NO4/c1-24-22-29(17-18-31(24)38-23-32(35)36)37-21-19-30(27-13-15-28(16-14-27)33(2,3)4)26-11-9-25(10-12-26)8-7-20-34(5)6/h9-19,22H,20-21,23H2,1-6H3,(H,35,36). The Kier molecular flexibility index (Phi) is 9.76. The lowest BCUT2D eigenvalue weighted by Crippen LogP contribution is -2.10. The van der Waals surface area contributed by atoms with Gasteiger partial charge >= 0.3 is 5.97 Å². The van der Waals surface area contributed by atoms with Crippen LogP contribution in [0.1, 0.15) is 48.6 Å². The van der Waals surface area contributed by atoms with E-state index in [0.717, 1.165) is 34.4 Å². The predicted molar refractivity (Wildman–Crippen MR) is 154 cm³/mol. The average Bonchev–Trinajstić information content (AvgIpc) is 2.86. The highest BCUT2D eigenvalue weighted by Gasteiger charge is 2.14. The fraction of sp³-hybridized carbons (Fsp3) is 0.303. The van der Waals surface area contributed by atoms with E-state index in [2.05, 4.69) is 87.2 Å². The van der Waals surface area contributed by atoms with Gasteiger partial charge in [-0.2, -0.15) is 0 Å². The van der Waals surface area contributed by atoms with Crippen LogP contribution in [0.15, 0.2) is 72.8 Å². The highest BCUT2D eigenvalue weighted by atomic mass is 16.5. The molecule has 3 aromatic carbocycles. The first-order valence-electron chi connectivity index (χ1n) is 12.7. The van der Waals surface area contributed by atoms with Crippen molar-refractivity contribution in [1.29, 1.82) is 0 Å². The lowest BCUT2D eigenvalue weighted by molar-refractivity contribution is -0.139. The van der Waals surface area contributed by atoms with Gasteiger partial charge in [0.1, 0.15) is 18.1 Å². The molecule has 0 amide bonds. The van der Waals surface area contributed by atoms with Gasteiger partial charge < -0.3 is 14.6 Å². The Labute approximate surface area is 226 Å². The van der Waals surface area contributed by atoms with Gasteiger partial charge in [-0.25, -0.2) is 4.79 Å². The minimum Gasteiger partial charge on any atom is -0.489 e. The number of ether oxygens (including phenoxy) is 2. The number of rotatable bonds is 9. The van der Waals surface area contributed by atoms with Crippen molar-refractivity contribution in [3.63, 3.8) is 0 Å². The largest absolute Gasteiger partial charge is 0.489 e. The number of nitrogens with zero attached hydrogens (tertiary/aromatic N) is 1. The second-order valence-electron chi connectivity index (χ2n) is 10.5. The average molecular weight is 512 g/mol. The lowest BCUT2D eigenvalue weighted by Gasteiger charge is -2.19. The van der Waals surface area contributed by atoms with Crippen LogP contribution in [0, 0.1) is 18.8 Å². The Morgan fingerprint density at radius 3 is 2.13 bits per heavy atom. The van der Waals surface area contributed by atoms with E-state index in [4.69, 9.17) is 14.6 Å². The molecule has 1 N–H and O–H groups in total. The summed E-state index contributed by atoms with van der Waals surface area (Å²) in [4.78, 5) is 12.8. The Balaban J connectivity index is 1.84. The topological polar surface area (TPSA) is 59.0 Å². The van der Waals surface area contributed by atoms with Gasteiger partial charge in [0.05, 0.1) is 6.54 Å². The fourth-order valence-electron chi connectivity index (χ4n) is 3.82. The molecule has 0 aromatic heterocycles. The number of carboxylic acid groups (broad SMARTS) is 1. The van der Waals surface area contributed by atoms with Gasteiger partial charge in [0.25, 0.3) is 0 Å². The van der Waals surface area contributed by atoms with Gasteiger partial charge in [0, 0.05) is 5.56 Å². The highest BCUT2D eigenvalue weighted by molar-refractivity contribution is 5.80. The van der Waals surface area contributed by atoms with E-state index >= 15 is 0 Å². The molecule has 0 saturated carbocycles. The zero-order valence-corrected chi connectivity index (χ0v) is 23.2. The third kappa shape index (κ3) is 8.54. The molecule has 0 saturated heterocycles. The van der Waals surface area contributed by atoms with Crippen molar-refractivity contribution in [2.24, 2.45) is 0 Å². The van der Waals surface area contributed by atoms with Crippen molar-refractivity contribution in [3.8, 4) is 23.3 Å². The Bertz CT molecular complexity index is 1320. The van der Waals surface area contributed by atoms with Crippen LogP contribution < -0.4 is 9.47 Å². The summed E-state index contributed by atoms with van der Waals surface area (Å²) in [7, 11) is 4.01. The van der Waals surface area contributed by atoms with E-state index < -0.39 is 5.97 Å². The van der Waals surface area contributed by atoms with Gasteiger partial charge in [-0.05, 0) is 90.7 Å². The van der Waals surface area contributed by atoms with Crippen LogP contribution in [0.2, 0.25) is 0 Å². The third-order valence-corrected chi connectivity index (χ3v) is 5.92. The molecule has 38 heavy (non-hydrogen) atoms. The Morgan fingerprint density at radius 1 is 0.947 bits per heavy atom. The monoisotopic (exact) mass is 511 g/mol. The summed E-state index contributed by atoms with van der Waals surface area (Å²) in [5.41, 5.74) is 6.44. The van der Waals surface area contributed by atoms with Crippen molar-refractivity contribution in [2.75, 3.05) is 33.9 Å². The first-order valence-corrected chi connectivity index (χ1v) is 12.7. The Hall–Kier alpha value is -4.01. The van der Waals surface area contributed by atoms with Crippen molar-refractivity contribution in [3.05, 3.63) is 101 Å². The molecule has 5 nitrogen and oxygen atoms in total. The molecular weight excluding hydrogens is 474 g/mol. The molecule has 0 atom stereocenters. The fourth-order valence-corrected chi connectivity index (χ4v) is 3.82. The first-order chi connectivity index (χ1) is 18.0. The predicted octanol–water partition coefficient (Wildman–Crippen LogP) is 6.18. The van der Waals surface area contributed by atoms with Gasteiger partial charge in [-0.3, -0.25) is 4.90 Å². The summed E-state index contributed by atoms with van der Waals surface area (Å²) in [6.07, 6.45) is 2.09. The number of hydrogen-bond acceptors (Lipinski definition) is 4. The zero-order chi connectivity index (χ0) is 27.7. The Morgan fingerprint density at radius 2 is 1.58 bits per heavy atom. The third-order valence-electron chi connectivity index (χ3n) is 5.92. The minimum atomic E-state index is -1.01. The number of carboxylic acids is 1. The van der Waals surface area contributed by atoms with Gasteiger partial charge in [0.2, 0.25) is 0 Å². The van der Waals surface area contributed by atoms with Crippen LogP contribution in [0.25, 0.3) is 5.57 Å². The molecule has 0 spiro atoms. The van der Waals surface area contributed by atoms with Crippen LogP contribution in [0.3, 0.4) is 0 Å². The minimum absolute atomic E-state index is 0.0800. The summed E-state index contributed by atoms with van der Waals surface area (Å²) in [6.45, 7) is 9.21. The zero-order valence-electron chi connectivity index (χ0n) is 23.2. The summed E-state index contributed by atoms with van der Waals surface area (Å²) < 4.78 is 11.4. The van der Waals surface area contributed by atoms with Crippen LogP contribution in [0.4, 0.5) is 0 Å². The molecular formula is C33H37NO4. The molecule has 198 valence electrons. The quantitative estimate of drug-likeness (QED) is 0.348. The number of aliphatic carboxylic acids is 1. The number of aryl methyl sites for hydroxylation is 1. The number of hydrogen-bond donors (Lipinski definition) is 1. The molecule has 0 aliphatic carbocycles. The summed E-state index contributed by atoms with van der Waals surface area (Å²) >= 11 is 0. The highest BCUT2D eigenvalue weighted by Crippen LogP contribution is 2.28. The maximum Gasteiger partial charge on any atom is 0.341 e. The molecule has 0 bridgehead atoms. The molecule has 0 fully saturated rings. The summed E-state index contributed by atoms with van der Waals surface area (Å²) in [5, 5.41) is 8.84. The second-order valence-corrected chi connectivity index (χ2v) is 10.5. The van der Waals surface area contributed by atoms with Gasteiger partial charge in [-0.15, -0.1) is 0 Å². The van der Waals surface area contributed by atoms with Crippen LogP contribution >= 0.6 is 0 Å². The van der Waals surface area contributed by atoms with E-state index in [1.165, 1.54) is 5.56 Å². The van der Waals surface area contributed by atoms with Crippen LogP contribution in [-0.4, -0.2) is 49.8 Å². The van der Waals surface area contributed by atoms with E-state index in [0.29, 0.717) is 18.1 Å². The summed E-state index contributed by atoms with van der Waals surface area (Å²) in [5.74, 6) is 6.61. The molecule has 5 heteroatoms. The van der Waals surface area contributed by atoms with E-state index in [1.807, 2.05) is 32.0 Å². The van der Waals surface area contributed by atoms with Crippen molar-refractivity contribution in [1.82, 2.24) is 4.90 Å². The molecule has 3 rings (SSSR count). The van der Waals surface area contributed by atoms with Crippen molar-refractivity contribution < 1.29 is 19.4 Å². The number of carbonyl (C=O) groups is 1. The van der Waals surface area contributed by atoms with Crippen molar-refractivity contribution in [2.45, 2.75) is 33.1 Å². The maximum atomic E-state index is 10.8. The van der Waals surface area contributed by atoms with Crippen LogP contribution in [-0.2, 0) is 10.2 Å². The second kappa shape index (κ2) is 13.0. The van der Waals surface area contributed by atoms with Gasteiger partial charge in [0.15, 0.2) is 6.61 Å². The lowest BCUT2D eigenvalue weighted by atomic mass is 9.85. The SMILES string of the molecule is Cc1cc(OCC=C(c2ccc(C#CCN(C)C)cc2)c2ccc(C(C)(C)C)cc2)ccc1OCC(=O)O. The van der Waals surface area contributed by atoms with Crippen LogP contribution in [0.5, 0.6) is 11.5 Å². The first kappa shape index (κ1) is 28.6. The molecule has 0 unspecified atom stereocenters. The molecule has 0 heterocycles.